The minimum Gasteiger partial charge on any atom is -0.493 e. The molecule has 5 nitrogen and oxygen atoms in total. The lowest BCUT2D eigenvalue weighted by Crippen LogP contribution is -2.48. The van der Waals surface area contributed by atoms with Crippen molar-refractivity contribution in [1.82, 2.24) is 4.90 Å². The molecular formula is C25H29N3O2S. The van der Waals surface area contributed by atoms with Gasteiger partial charge in [0.1, 0.15) is 5.75 Å². The van der Waals surface area contributed by atoms with E-state index in [2.05, 4.69) is 52.9 Å². The number of hydrogen-bond donors (Lipinski definition) is 0. The van der Waals surface area contributed by atoms with Crippen molar-refractivity contribution in [2.24, 2.45) is 4.99 Å². The van der Waals surface area contributed by atoms with E-state index in [9.17, 15) is 4.79 Å². The lowest BCUT2D eigenvalue weighted by atomic mass is 10.1. The molecule has 4 rings (SSSR count). The zero-order valence-corrected chi connectivity index (χ0v) is 19.0. The Kier molecular flexibility index (Phi) is 6.97. The summed E-state index contributed by atoms with van der Waals surface area (Å²) in [5.74, 6) is 0.654. The average molecular weight is 436 g/mol. The summed E-state index contributed by atoms with van der Waals surface area (Å²) in [6.45, 7) is 8.54. The number of amides is 1. The van der Waals surface area contributed by atoms with Crippen LogP contribution in [0.25, 0.3) is 6.08 Å². The van der Waals surface area contributed by atoms with E-state index >= 15 is 0 Å². The molecule has 0 aromatic heterocycles. The summed E-state index contributed by atoms with van der Waals surface area (Å²) in [4.78, 5) is 22.2. The van der Waals surface area contributed by atoms with Gasteiger partial charge < -0.3 is 14.5 Å². The van der Waals surface area contributed by atoms with Gasteiger partial charge in [-0.05, 0) is 48.9 Å². The quantitative estimate of drug-likeness (QED) is 0.474. The van der Waals surface area contributed by atoms with Crippen LogP contribution in [0, 0.1) is 6.92 Å². The molecule has 31 heavy (non-hydrogen) atoms. The molecule has 1 saturated heterocycles. The number of carbonyl (C=O) groups is 1. The third-order valence-electron chi connectivity index (χ3n) is 5.58. The van der Waals surface area contributed by atoms with Crippen LogP contribution < -0.4 is 9.64 Å². The van der Waals surface area contributed by atoms with Gasteiger partial charge in [-0.15, -0.1) is 0 Å². The summed E-state index contributed by atoms with van der Waals surface area (Å²) < 4.78 is 5.91. The molecule has 0 atom stereocenters. The van der Waals surface area contributed by atoms with Crippen LogP contribution in [-0.2, 0) is 4.79 Å². The van der Waals surface area contributed by atoms with Crippen molar-refractivity contribution >= 4 is 34.6 Å². The highest BCUT2D eigenvalue weighted by molar-refractivity contribution is 8.18. The van der Waals surface area contributed by atoms with Crippen LogP contribution in [0.4, 0.5) is 5.69 Å². The van der Waals surface area contributed by atoms with Gasteiger partial charge in [0, 0.05) is 37.4 Å². The van der Waals surface area contributed by atoms with Crippen LogP contribution in [0.1, 0.15) is 30.9 Å². The minimum absolute atomic E-state index is 0.162. The first-order valence-corrected chi connectivity index (χ1v) is 11.8. The van der Waals surface area contributed by atoms with E-state index in [0.717, 1.165) is 55.5 Å². The first-order chi connectivity index (χ1) is 15.2. The van der Waals surface area contributed by atoms with Gasteiger partial charge in [-0.1, -0.05) is 49.7 Å². The van der Waals surface area contributed by atoms with Crippen molar-refractivity contribution < 1.29 is 9.53 Å². The Morgan fingerprint density at radius 2 is 1.74 bits per heavy atom. The molecule has 162 valence electrons. The van der Waals surface area contributed by atoms with Crippen molar-refractivity contribution in [3.63, 3.8) is 0 Å². The number of rotatable bonds is 6. The van der Waals surface area contributed by atoms with Gasteiger partial charge >= 0.3 is 0 Å². The first-order valence-electron chi connectivity index (χ1n) is 11.0. The van der Waals surface area contributed by atoms with Crippen LogP contribution in [0.2, 0.25) is 0 Å². The van der Waals surface area contributed by atoms with Gasteiger partial charge in [0.15, 0.2) is 5.17 Å². The molecule has 6 heteroatoms. The largest absolute Gasteiger partial charge is 0.493 e. The number of amidine groups is 1. The fourth-order valence-electron chi connectivity index (χ4n) is 3.79. The number of ether oxygens (including phenoxy) is 1. The molecule has 0 bridgehead atoms. The average Bonchev–Trinajstić information content (AvgIpc) is 3.16. The minimum atomic E-state index is -0.162. The summed E-state index contributed by atoms with van der Waals surface area (Å²) in [7, 11) is 0. The number of benzene rings is 2. The highest BCUT2D eigenvalue weighted by Crippen LogP contribution is 2.33. The van der Waals surface area contributed by atoms with E-state index < -0.39 is 0 Å². The number of aryl methyl sites for hydroxylation is 1. The third kappa shape index (κ3) is 5.13. The summed E-state index contributed by atoms with van der Waals surface area (Å²) in [6, 6.07) is 16.4. The van der Waals surface area contributed by atoms with Crippen LogP contribution in [0.3, 0.4) is 0 Å². The summed E-state index contributed by atoms with van der Waals surface area (Å²) in [6.07, 6.45) is 4.01. The topological polar surface area (TPSA) is 45.1 Å². The third-order valence-corrected chi connectivity index (χ3v) is 6.62. The number of carbonyl (C=O) groups excluding carboxylic acids is 1. The highest BCUT2D eigenvalue weighted by Gasteiger charge is 2.29. The molecule has 0 unspecified atom stereocenters. The lowest BCUT2D eigenvalue weighted by Gasteiger charge is -2.37. The molecule has 0 radical (unpaired) electrons. The maximum absolute atomic E-state index is 12.6. The zero-order valence-electron chi connectivity index (χ0n) is 18.2. The fourth-order valence-corrected chi connectivity index (χ4v) is 4.74. The molecule has 2 aromatic carbocycles. The molecule has 2 heterocycles. The summed E-state index contributed by atoms with van der Waals surface area (Å²) in [5.41, 5.74) is 3.51. The SMILES string of the molecule is CCCCOc1ccccc1/C=C1/SC(N2CCN(c3ccccc3C)CC2)=NC1=O. The lowest BCUT2D eigenvalue weighted by molar-refractivity contribution is -0.113. The summed E-state index contributed by atoms with van der Waals surface area (Å²) in [5, 5.41) is 0.810. The van der Waals surface area contributed by atoms with E-state index in [1.807, 2.05) is 30.3 Å². The molecule has 1 amide bonds. The van der Waals surface area contributed by atoms with E-state index in [4.69, 9.17) is 4.74 Å². The van der Waals surface area contributed by atoms with Gasteiger partial charge in [0.05, 0.1) is 11.5 Å². The Hall–Kier alpha value is -2.73. The Labute approximate surface area is 188 Å². The molecule has 0 aliphatic carbocycles. The molecule has 0 spiro atoms. The second kappa shape index (κ2) is 10.1. The zero-order chi connectivity index (χ0) is 21.6. The maximum Gasteiger partial charge on any atom is 0.286 e. The van der Waals surface area contributed by atoms with Gasteiger partial charge in [0.25, 0.3) is 5.91 Å². The normalized spacial score (nSPS) is 17.9. The highest BCUT2D eigenvalue weighted by atomic mass is 32.2. The van der Waals surface area contributed by atoms with Gasteiger partial charge in [-0.2, -0.15) is 4.99 Å². The predicted molar refractivity (Wildman–Crippen MR) is 130 cm³/mol. The molecule has 2 aliphatic heterocycles. The number of para-hydroxylation sites is 2. The van der Waals surface area contributed by atoms with Gasteiger partial charge in [-0.25, -0.2) is 0 Å². The maximum atomic E-state index is 12.6. The number of anilines is 1. The van der Waals surface area contributed by atoms with E-state index in [0.29, 0.717) is 11.5 Å². The number of nitrogens with zero attached hydrogens (tertiary/aromatic N) is 3. The molecule has 2 aromatic rings. The van der Waals surface area contributed by atoms with Crippen molar-refractivity contribution in [2.45, 2.75) is 26.7 Å². The monoisotopic (exact) mass is 435 g/mol. The fraction of sp³-hybridized carbons (Fsp3) is 0.360. The standard InChI is InChI=1S/C25H29N3O2S/c1-3-4-17-30-22-12-8-6-10-20(22)18-23-24(29)26-25(31-23)28-15-13-27(14-16-28)21-11-7-5-9-19(21)2/h5-12,18H,3-4,13-17H2,1-2H3/b23-18+. The van der Waals surface area contributed by atoms with Crippen molar-refractivity contribution in [2.75, 3.05) is 37.7 Å². The number of thioether (sulfide) groups is 1. The van der Waals surface area contributed by atoms with Gasteiger partial charge in [0.2, 0.25) is 0 Å². The predicted octanol–water partition coefficient (Wildman–Crippen LogP) is 4.97. The van der Waals surface area contributed by atoms with Crippen molar-refractivity contribution in [3.8, 4) is 5.75 Å². The van der Waals surface area contributed by atoms with Crippen LogP contribution in [0.5, 0.6) is 5.75 Å². The van der Waals surface area contributed by atoms with E-state index in [-0.39, 0.29) is 5.91 Å². The van der Waals surface area contributed by atoms with Crippen LogP contribution in [0.15, 0.2) is 58.4 Å². The molecule has 1 fully saturated rings. The van der Waals surface area contributed by atoms with E-state index in [1.165, 1.54) is 23.0 Å². The van der Waals surface area contributed by atoms with Crippen LogP contribution in [-0.4, -0.2) is 48.8 Å². The van der Waals surface area contributed by atoms with Gasteiger partial charge in [-0.3, -0.25) is 4.79 Å². The number of unbranched alkanes of at least 4 members (excludes halogenated alkanes) is 1. The van der Waals surface area contributed by atoms with E-state index in [1.54, 1.807) is 0 Å². The Bertz CT molecular complexity index is 994. The number of hydrogen-bond acceptors (Lipinski definition) is 5. The molecule has 0 saturated carbocycles. The molecular weight excluding hydrogens is 406 g/mol. The molecule has 0 N–H and O–H groups in total. The Morgan fingerprint density at radius 1 is 1.03 bits per heavy atom. The smallest absolute Gasteiger partial charge is 0.286 e. The Balaban J connectivity index is 1.40. The summed E-state index contributed by atoms with van der Waals surface area (Å²) >= 11 is 1.47. The second-order valence-electron chi connectivity index (χ2n) is 7.81. The first kappa shape index (κ1) is 21.5. The number of piperazine rings is 1. The molecule has 2 aliphatic rings. The van der Waals surface area contributed by atoms with Crippen molar-refractivity contribution in [3.05, 3.63) is 64.6 Å². The van der Waals surface area contributed by atoms with Crippen molar-refractivity contribution in [1.29, 1.82) is 0 Å². The Morgan fingerprint density at radius 3 is 2.52 bits per heavy atom. The second-order valence-corrected chi connectivity index (χ2v) is 8.82. The van der Waals surface area contributed by atoms with Crippen LogP contribution >= 0.6 is 11.8 Å². The number of aliphatic imine (C=N–C) groups is 1.